The highest BCUT2D eigenvalue weighted by Crippen LogP contribution is 2.65. The van der Waals surface area contributed by atoms with Gasteiger partial charge in [-0.2, -0.15) is 0 Å². The van der Waals surface area contributed by atoms with Gasteiger partial charge in [-0.25, -0.2) is 0 Å². The number of fused-ring (bicyclic) bond motifs is 2. The van der Waals surface area contributed by atoms with Crippen molar-refractivity contribution < 1.29 is 9.59 Å². The molecule has 0 amide bonds. The quantitative estimate of drug-likeness (QED) is 0.603. The minimum Gasteiger partial charge on any atom is -0.294 e. The molecule has 0 unspecified atom stereocenters. The Hall–Kier alpha value is -1.70. The van der Waals surface area contributed by atoms with Crippen molar-refractivity contribution >= 4 is 11.6 Å². The van der Waals surface area contributed by atoms with E-state index in [0.29, 0.717) is 5.56 Å². The van der Waals surface area contributed by atoms with E-state index in [9.17, 15) is 9.59 Å². The van der Waals surface area contributed by atoms with Crippen LogP contribution in [0.1, 0.15) is 44.0 Å². The molecule has 2 saturated carbocycles. The van der Waals surface area contributed by atoms with Crippen molar-refractivity contribution in [2.45, 2.75) is 33.6 Å². The van der Waals surface area contributed by atoms with Crippen LogP contribution in [-0.2, 0) is 4.79 Å². The van der Waals surface area contributed by atoms with Gasteiger partial charge in [-0.05, 0) is 30.3 Å². The van der Waals surface area contributed by atoms with Gasteiger partial charge in [-0.15, -0.1) is 0 Å². The molecule has 2 nitrogen and oxygen atoms in total. The fraction of sp³-hybridized carbons (Fsp3) is 0.444. The second kappa shape index (κ2) is 4.15. The Morgan fingerprint density at radius 3 is 2.40 bits per heavy atom. The summed E-state index contributed by atoms with van der Waals surface area (Å²) in [7, 11) is 0. The minimum absolute atomic E-state index is 0.0348. The zero-order valence-electron chi connectivity index (χ0n) is 12.3. The summed E-state index contributed by atoms with van der Waals surface area (Å²) in [6, 6.07) is 9.17. The largest absolute Gasteiger partial charge is 0.294 e. The summed E-state index contributed by atoms with van der Waals surface area (Å²) >= 11 is 0. The number of ketones is 2. The van der Waals surface area contributed by atoms with Crippen LogP contribution in [0.5, 0.6) is 0 Å². The van der Waals surface area contributed by atoms with Crippen molar-refractivity contribution in [3.8, 4) is 0 Å². The first-order valence-corrected chi connectivity index (χ1v) is 7.24. The average Bonchev–Trinajstić information content (AvgIpc) is 2.74. The van der Waals surface area contributed by atoms with Crippen molar-refractivity contribution in [1.82, 2.24) is 0 Å². The zero-order valence-corrected chi connectivity index (χ0v) is 12.3. The molecule has 20 heavy (non-hydrogen) atoms. The van der Waals surface area contributed by atoms with Crippen molar-refractivity contribution in [2.75, 3.05) is 0 Å². The van der Waals surface area contributed by atoms with Gasteiger partial charge in [0, 0.05) is 16.6 Å². The summed E-state index contributed by atoms with van der Waals surface area (Å²) in [5.74, 6) is 0.358. The zero-order chi connectivity index (χ0) is 14.5. The van der Waals surface area contributed by atoms with Crippen LogP contribution in [0.2, 0.25) is 0 Å². The van der Waals surface area contributed by atoms with Crippen molar-refractivity contribution in [3.05, 3.63) is 47.5 Å². The van der Waals surface area contributed by atoms with E-state index in [-0.39, 0.29) is 28.3 Å². The summed E-state index contributed by atoms with van der Waals surface area (Å²) in [4.78, 5) is 25.0. The SMILES string of the molecule is CC1(C)[C@@H]2CC[C@@]1(C)C(=O)C2=CC(=O)c1ccccc1. The third-order valence-electron chi connectivity index (χ3n) is 5.71. The van der Waals surface area contributed by atoms with Gasteiger partial charge in [0.1, 0.15) is 0 Å². The Labute approximate surface area is 119 Å². The second-order valence-corrected chi connectivity index (χ2v) is 6.80. The molecule has 0 N–H and O–H groups in total. The van der Waals surface area contributed by atoms with Crippen LogP contribution in [0.4, 0.5) is 0 Å². The van der Waals surface area contributed by atoms with E-state index in [4.69, 9.17) is 0 Å². The predicted octanol–water partition coefficient (Wildman–Crippen LogP) is 3.82. The van der Waals surface area contributed by atoms with Gasteiger partial charge in [-0.3, -0.25) is 9.59 Å². The van der Waals surface area contributed by atoms with Gasteiger partial charge in [0.2, 0.25) is 0 Å². The van der Waals surface area contributed by atoms with E-state index >= 15 is 0 Å². The Morgan fingerprint density at radius 2 is 1.85 bits per heavy atom. The van der Waals surface area contributed by atoms with E-state index in [2.05, 4.69) is 20.8 Å². The van der Waals surface area contributed by atoms with Gasteiger partial charge >= 0.3 is 0 Å². The summed E-state index contributed by atoms with van der Waals surface area (Å²) in [6.07, 6.45) is 3.55. The fourth-order valence-electron chi connectivity index (χ4n) is 3.92. The lowest BCUT2D eigenvalue weighted by molar-refractivity contribution is -0.125. The normalized spacial score (nSPS) is 32.9. The number of carbonyl (C=O) groups excluding carboxylic acids is 2. The average molecular weight is 268 g/mol. The van der Waals surface area contributed by atoms with E-state index in [1.807, 2.05) is 18.2 Å². The smallest absolute Gasteiger partial charge is 0.186 e. The van der Waals surface area contributed by atoms with Crippen LogP contribution in [0, 0.1) is 16.7 Å². The first kappa shape index (κ1) is 13.3. The Bertz CT molecular complexity index is 610. The van der Waals surface area contributed by atoms with Crippen LogP contribution in [0.25, 0.3) is 0 Å². The number of benzene rings is 1. The molecule has 2 aliphatic carbocycles. The third-order valence-corrected chi connectivity index (χ3v) is 5.71. The van der Waals surface area contributed by atoms with Gasteiger partial charge in [0.15, 0.2) is 11.6 Å². The number of hydrogen-bond donors (Lipinski definition) is 0. The number of Topliss-reactive ketones (excluding diaryl/α,β-unsaturated/α-hetero) is 1. The Balaban J connectivity index is 1.99. The molecule has 2 aliphatic rings. The van der Waals surface area contributed by atoms with Gasteiger partial charge in [0.05, 0.1) is 0 Å². The predicted molar refractivity (Wildman–Crippen MR) is 78.5 cm³/mol. The summed E-state index contributed by atoms with van der Waals surface area (Å²) in [6.45, 7) is 6.38. The monoisotopic (exact) mass is 268 g/mol. The highest BCUT2D eigenvalue weighted by atomic mass is 16.1. The molecular formula is C18H20O2. The summed E-state index contributed by atoms with van der Waals surface area (Å²) in [5.41, 5.74) is 1.07. The van der Waals surface area contributed by atoms with Crippen LogP contribution in [-0.4, -0.2) is 11.6 Å². The maximum absolute atomic E-state index is 12.7. The van der Waals surface area contributed by atoms with Gasteiger partial charge in [0.25, 0.3) is 0 Å². The van der Waals surface area contributed by atoms with Crippen LogP contribution in [0.3, 0.4) is 0 Å². The van der Waals surface area contributed by atoms with E-state index < -0.39 is 0 Å². The maximum Gasteiger partial charge on any atom is 0.186 e. The Kier molecular flexibility index (Phi) is 2.75. The summed E-state index contributed by atoms with van der Waals surface area (Å²) < 4.78 is 0. The molecule has 1 aromatic rings. The fourth-order valence-corrected chi connectivity index (χ4v) is 3.92. The molecule has 0 aromatic heterocycles. The maximum atomic E-state index is 12.7. The lowest BCUT2D eigenvalue weighted by Gasteiger charge is -2.31. The molecule has 2 atom stereocenters. The molecule has 0 spiro atoms. The number of rotatable bonds is 2. The van der Waals surface area contributed by atoms with Crippen LogP contribution < -0.4 is 0 Å². The minimum atomic E-state index is -0.291. The molecule has 0 heterocycles. The molecule has 3 rings (SSSR count). The first-order chi connectivity index (χ1) is 9.38. The molecule has 2 bridgehead atoms. The van der Waals surface area contributed by atoms with Crippen LogP contribution >= 0.6 is 0 Å². The molecule has 2 fully saturated rings. The van der Waals surface area contributed by atoms with E-state index in [0.717, 1.165) is 18.4 Å². The van der Waals surface area contributed by atoms with E-state index in [1.54, 1.807) is 18.2 Å². The highest BCUT2D eigenvalue weighted by Gasteiger charge is 2.63. The standard InChI is InChI=1S/C18H20O2/c1-17(2)14-9-10-18(17,3)16(20)13(14)11-15(19)12-7-5-4-6-8-12/h4-8,11,14H,9-10H2,1-3H3/t14-,18+/m1/s1. The molecule has 0 saturated heterocycles. The van der Waals surface area contributed by atoms with Gasteiger partial charge in [-0.1, -0.05) is 51.1 Å². The molecule has 0 radical (unpaired) electrons. The van der Waals surface area contributed by atoms with Crippen molar-refractivity contribution in [2.24, 2.45) is 16.7 Å². The van der Waals surface area contributed by atoms with Crippen molar-refractivity contribution in [3.63, 3.8) is 0 Å². The number of allylic oxidation sites excluding steroid dienone is 2. The molecule has 1 aromatic carbocycles. The number of carbonyl (C=O) groups is 2. The molecule has 104 valence electrons. The first-order valence-electron chi connectivity index (χ1n) is 7.24. The van der Waals surface area contributed by atoms with E-state index in [1.165, 1.54) is 0 Å². The second-order valence-electron chi connectivity index (χ2n) is 6.80. The topological polar surface area (TPSA) is 34.1 Å². The lowest BCUT2D eigenvalue weighted by atomic mass is 9.70. The molecule has 2 heteroatoms. The number of hydrogen-bond acceptors (Lipinski definition) is 2. The van der Waals surface area contributed by atoms with Crippen molar-refractivity contribution in [1.29, 1.82) is 0 Å². The Morgan fingerprint density at radius 1 is 1.20 bits per heavy atom. The molecular weight excluding hydrogens is 248 g/mol. The van der Waals surface area contributed by atoms with Crippen LogP contribution in [0.15, 0.2) is 42.0 Å². The van der Waals surface area contributed by atoms with Gasteiger partial charge < -0.3 is 0 Å². The summed E-state index contributed by atoms with van der Waals surface area (Å²) in [5, 5.41) is 0. The molecule has 0 aliphatic heterocycles. The third kappa shape index (κ3) is 1.57. The lowest BCUT2D eigenvalue weighted by Crippen LogP contribution is -2.32. The highest BCUT2D eigenvalue weighted by molar-refractivity contribution is 6.13.